The lowest BCUT2D eigenvalue weighted by Gasteiger charge is -2.35. The van der Waals surface area contributed by atoms with Crippen molar-refractivity contribution in [2.45, 2.75) is 38.0 Å². The molecule has 2 nitrogen and oxygen atoms in total. The van der Waals surface area contributed by atoms with Crippen LogP contribution in [0, 0.1) is 5.92 Å². The molecule has 3 rings (SSSR count). The van der Waals surface area contributed by atoms with Crippen LogP contribution in [0.4, 0.5) is 0 Å². The molecular formula is C15H20BrNOS. The van der Waals surface area contributed by atoms with Crippen LogP contribution in [0.3, 0.4) is 0 Å². The average molecular weight is 342 g/mol. The number of halogens is 1. The molecule has 2 atom stereocenters. The molecule has 104 valence electrons. The third-order valence-corrected chi connectivity index (χ3v) is 6.31. The molecule has 0 saturated carbocycles. The zero-order chi connectivity index (χ0) is 13.2. The summed E-state index contributed by atoms with van der Waals surface area (Å²) in [6, 6.07) is 2.17. The fourth-order valence-corrected chi connectivity index (χ4v) is 4.87. The highest BCUT2D eigenvalue weighted by Gasteiger charge is 2.32. The zero-order valence-corrected chi connectivity index (χ0v) is 13.5. The van der Waals surface area contributed by atoms with Gasteiger partial charge in [-0.05, 0) is 55.0 Å². The topological polar surface area (TPSA) is 20.3 Å². The Balaban J connectivity index is 1.74. The molecular weight excluding hydrogens is 322 g/mol. The van der Waals surface area contributed by atoms with E-state index < -0.39 is 0 Å². The Labute approximate surface area is 127 Å². The van der Waals surface area contributed by atoms with Crippen LogP contribution < -0.4 is 0 Å². The van der Waals surface area contributed by atoms with Gasteiger partial charge in [-0.3, -0.25) is 4.79 Å². The van der Waals surface area contributed by atoms with Crippen LogP contribution >= 0.6 is 27.3 Å². The van der Waals surface area contributed by atoms with Crippen molar-refractivity contribution in [2.24, 2.45) is 5.92 Å². The molecule has 1 fully saturated rings. The lowest BCUT2D eigenvalue weighted by atomic mass is 9.86. The molecule has 0 bridgehead atoms. The number of nitrogens with zero attached hydrogens (tertiary/aromatic N) is 1. The smallest absolute Gasteiger partial charge is 0.230 e. The number of carbonyl (C=O) groups excluding carboxylic acids is 1. The highest BCUT2D eigenvalue weighted by atomic mass is 79.9. The quantitative estimate of drug-likeness (QED) is 0.749. The van der Waals surface area contributed by atoms with E-state index in [1.165, 1.54) is 29.7 Å². The molecule has 0 N–H and O–H groups in total. The van der Waals surface area contributed by atoms with Gasteiger partial charge in [0.15, 0.2) is 0 Å². The first-order valence-corrected chi connectivity index (χ1v) is 9.20. The molecule has 1 aliphatic heterocycles. The van der Waals surface area contributed by atoms with Gasteiger partial charge in [0.25, 0.3) is 0 Å². The summed E-state index contributed by atoms with van der Waals surface area (Å²) in [7, 11) is 0. The average Bonchev–Trinajstić information content (AvgIpc) is 2.95. The van der Waals surface area contributed by atoms with E-state index in [2.05, 4.69) is 32.3 Å². The number of likely N-dealkylation sites (tertiary alicyclic amines) is 1. The maximum Gasteiger partial charge on any atom is 0.230 e. The minimum Gasteiger partial charge on any atom is -0.342 e. The molecule has 1 aliphatic carbocycles. The molecule has 0 radical (unpaired) electrons. The summed E-state index contributed by atoms with van der Waals surface area (Å²) >= 11 is 5.39. The van der Waals surface area contributed by atoms with E-state index in [-0.39, 0.29) is 5.92 Å². The summed E-state index contributed by atoms with van der Waals surface area (Å²) in [6.07, 6.45) is 5.78. The molecule has 2 heterocycles. The SMILES string of the molecule is O=C(C1CCCc2sccc21)N1CCCC(CBr)C1. The van der Waals surface area contributed by atoms with Crippen LogP contribution in [0.5, 0.6) is 0 Å². The molecule has 1 aromatic rings. The number of fused-ring (bicyclic) bond motifs is 1. The molecule has 2 unspecified atom stereocenters. The van der Waals surface area contributed by atoms with Gasteiger partial charge in [-0.25, -0.2) is 0 Å². The van der Waals surface area contributed by atoms with Gasteiger partial charge in [0.2, 0.25) is 5.91 Å². The maximum absolute atomic E-state index is 12.8. The Kier molecular flexibility index (Phi) is 4.27. The molecule has 4 heteroatoms. The largest absolute Gasteiger partial charge is 0.342 e. The first kappa shape index (κ1) is 13.6. The number of piperidine rings is 1. The van der Waals surface area contributed by atoms with Gasteiger partial charge in [0.1, 0.15) is 0 Å². The number of aryl methyl sites for hydroxylation is 1. The second-order valence-corrected chi connectivity index (χ2v) is 7.34. The van der Waals surface area contributed by atoms with E-state index >= 15 is 0 Å². The molecule has 1 saturated heterocycles. The summed E-state index contributed by atoms with van der Waals surface area (Å²) in [5.41, 5.74) is 1.32. The van der Waals surface area contributed by atoms with Crippen molar-refractivity contribution in [3.05, 3.63) is 21.9 Å². The van der Waals surface area contributed by atoms with E-state index in [1.807, 2.05) is 11.3 Å². The van der Waals surface area contributed by atoms with E-state index in [9.17, 15) is 4.79 Å². The number of thiophene rings is 1. The lowest BCUT2D eigenvalue weighted by Crippen LogP contribution is -2.43. The van der Waals surface area contributed by atoms with Crippen molar-refractivity contribution in [2.75, 3.05) is 18.4 Å². The molecule has 1 amide bonds. The summed E-state index contributed by atoms with van der Waals surface area (Å²) in [6.45, 7) is 1.90. The summed E-state index contributed by atoms with van der Waals surface area (Å²) in [5, 5.41) is 3.17. The summed E-state index contributed by atoms with van der Waals surface area (Å²) in [5.74, 6) is 1.16. The van der Waals surface area contributed by atoms with Crippen LogP contribution in [-0.4, -0.2) is 29.2 Å². The van der Waals surface area contributed by atoms with Crippen molar-refractivity contribution < 1.29 is 4.79 Å². The third kappa shape index (κ3) is 2.75. The van der Waals surface area contributed by atoms with Crippen molar-refractivity contribution in [1.29, 1.82) is 0 Å². The van der Waals surface area contributed by atoms with Crippen molar-refractivity contribution in [3.63, 3.8) is 0 Å². The maximum atomic E-state index is 12.8. The highest BCUT2D eigenvalue weighted by molar-refractivity contribution is 9.09. The Bertz CT molecular complexity index is 459. The van der Waals surface area contributed by atoms with Gasteiger partial charge >= 0.3 is 0 Å². The predicted molar refractivity (Wildman–Crippen MR) is 83.1 cm³/mol. The Morgan fingerprint density at radius 1 is 1.42 bits per heavy atom. The van der Waals surface area contributed by atoms with E-state index in [0.29, 0.717) is 11.8 Å². The number of hydrogen-bond acceptors (Lipinski definition) is 2. The Morgan fingerprint density at radius 3 is 3.16 bits per heavy atom. The standard InChI is InChI=1S/C15H20BrNOS/c16-9-11-3-2-7-17(10-11)15(18)13-4-1-5-14-12(13)6-8-19-14/h6,8,11,13H,1-5,7,9-10H2. The minimum absolute atomic E-state index is 0.143. The monoisotopic (exact) mass is 341 g/mol. The van der Waals surface area contributed by atoms with Gasteiger partial charge in [-0.2, -0.15) is 0 Å². The summed E-state index contributed by atoms with van der Waals surface area (Å²) < 4.78 is 0. The minimum atomic E-state index is 0.143. The van der Waals surface area contributed by atoms with Crippen molar-refractivity contribution in [3.8, 4) is 0 Å². The van der Waals surface area contributed by atoms with E-state index in [0.717, 1.165) is 31.3 Å². The van der Waals surface area contributed by atoms with Gasteiger partial charge in [0.05, 0.1) is 5.92 Å². The van der Waals surface area contributed by atoms with Crippen molar-refractivity contribution in [1.82, 2.24) is 4.90 Å². The lowest BCUT2D eigenvalue weighted by molar-refractivity contribution is -0.134. The number of amides is 1. The Morgan fingerprint density at radius 2 is 2.32 bits per heavy atom. The van der Waals surface area contributed by atoms with Gasteiger partial charge in [-0.1, -0.05) is 15.9 Å². The predicted octanol–water partition coefficient (Wildman–Crippen LogP) is 3.80. The van der Waals surface area contributed by atoms with Crippen molar-refractivity contribution >= 4 is 33.2 Å². The normalized spacial score (nSPS) is 27.1. The fraction of sp³-hybridized carbons (Fsp3) is 0.667. The van der Waals surface area contributed by atoms with Gasteiger partial charge in [0, 0.05) is 23.3 Å². The first-order chi connectivity index (χ1) is 9.29. The van der Waals surface area contributed by atoms with Gasteiger partial charge in [-0.15, -0.1) is 11.3 Å². The van der Waals surface area contributed by atoms with Crippen LogP contribution in [0.2, 0.25) is 0 Å². The fourth-order valence-electron chi connectivity index (χ4n) is 3.35. The summed E-state index contributed by atoms with van der Waals surface area (Å²) in [4.78, 5) is 16.4. The molecule has 0 aromatic carbocycles. The van der Waals surface area contributed by atoms with Crippen LogP contribution in [0.25, 0.3) is 0 Å². The molecule has 0 spiro atoms. The van der Waals surface area contributed by atoms with Gasteiger partial charge < -0.3 is 4.90 Å². The number of rotatable bonds is 2. The van der Waals surface area contributed by atoms with Crippen LogP contribution in [-0.2, 0) is 11.2 Å². The highest BCUT2D eigenvalue weighted by Crippen LogP contribution is 2.36. The number of hydrogen-bond donors (Lipinski definition) is 0. The van der Waals surface area contributed by atoms with Crippen LogP contribution in [0.15, 0.2) is 11.4 Å². The van der Waals surface area contributed by atoms with Crippen LogP contribution in [0.1, 0.15) is 42.0 Å². The molecule has 1 aromatic heterocycles. The second-order valence-electron chi connectivity index (χ2n) is 5.69. The Hall–Kier alpha value is -0.350. The second kappa shape index (κ2) is 5.96. The van der Waals surface area contributed by atoms with E-state index in [1.54, 1.807) is 0 Å². The number of carbonyl (C=O) groups is 1. The number of alkyl halides is 1. The molecule has 19 heavy (non-hydrogen) atoms. The zero-order valence-electron chi connectivity index (χ0n) is 11.1. The first-order valence-electron chi connectivity index (χ1n) is 7.20. The van der Waals surface area contributed by atoms with E-state index in [4.69, 9.17) is 0 Å². The molecule has 2 aliphatic rings. The third-order valence-electron chi connectivity index (χ3n) is 4.40.